The molecule has 0 atom stereocenters. The largest absolute Gasteiger partial charge is 0.496 e. The van der Waals surface area contributed by atoms with Crippen molar-refractivity contribution in [3.8, 4) is 17.0 Å². The quantitative estimate of drug-likeness (QED) is 0.517. The van der Waals surface area contributed by atoms with Crippen LogP contribution in [-0.4, -0.2) is 18.6 Å². The van der Waals surface area contributed by atoms with Crippen LogP contribution in [0, 0.1) is 0 Å². The summed E-state index contributed by atoms with van der Waals surface area (Å²) in [5.74, 6) is 0.578. The van der Waals surface area contributed by atoms with Gasteiger partial charge in [0.05, 0.1) is 28.9 Å². The van der Waals surface area contributed by atoms with E-state index in [-0.39, 0.29) is 10.5 Å². The normalized spacial score (nSPS) is 11.9. The summed E-state index contributed by atoms with van der Waals surface area (Å²) < 4.78 is 46.0. The Morgan fingerprint density at radius 2 is 1.85 bits per heavy atom. The van der Waals surface area contributed by atoms with Crippen molar-refractivity contribution in [1.29, 1.82) is 0 Å². The van der Waals surface area contributed by atoms with Crippen LogP contribution >= 0.6 is 11.6 Å². The highest BCUT2D eigenvalue weighted by Crippen LogP contribution is 2.43. The Kier molecular flexibility index (Phi) is 5.67. The van der Waals surface area contributed by atoms with Gasteiger partial charge in [-0.1, -0.05) is 23.7 Å². The number of benzene rings is 2. The number of aryl methyl sites for hydroxylation is 1. The highest BCUT2D eigenvalue weighted by Gasteiger charge is 2.35. The van der Waals surface area contributed by atoms with Gasteiger partial charge in [0.25, 0.3) is 0 Å². The van der Waals surface area contributed by atoms with E-state index in [1.54, 1.807) is 6.07 Å². The molecule has 0 aliphatic heterocycles. The first-order valence-corrected chi connectivity index (χ1v) is 9.00. The Balaban J connectivity index is 2.31. The molecule has 3 rings (SSSR count). The first kappa shape index (κ1) is 19.6. The molecule has 3 N–H and O–H groups in total. The van der Waals surface area contributed by atoms with E-state index >= 15 is 0 Å². The molecule has 7 heteroatoms. The lowest BCUT2D eigenvalue weighted by Crippen LogP contribution is -2.05. The standard InChI is InChI=1S/C20H20ClF3N2O/c1-27-16-8-3-2-6-12(16)18-13(7-4-5-11-25)17-15(21)10-9-14(19(17)26-18)20(22,23)24/h2-3,6,8-10,26H,4-5,7,11,25H2,1H3. The van der Waals surface area contributed by atoms with Gasteiger partial charge in [0, 0.05) is 10.9 Å². The number of para-hydroxylation sites is 1. The van der Waals surface area contributed by atoms with E-state index in [2.05, 4.69) is 4.98 Å². The van der Waals surface area contributed by atoms with Gasteiger partial charge in [-0.25, -0.2) is 0 Å². The molecule has 0 fully saturated rings. The van der Waals surface area contributed by atoms with E-state index in [9.17, 15) is 13.2 Å². The fraction of sp³-hybridized carbons (Fsp3) is 0.300. The van der Waals surface area contributed by atoms with Gasteiger partial charge in [-0.05, 0) is 55.6 Å². The summed E-state index contributed by atoms with van der Waals surface area (Å²) in [7, 11) is 1.53. The predicted molar refractivity (Wildman–Crippen MR) is 102 cm³/mol. The van der Waals surface area contributed by atoms with Crippen molar-refractivity contribution in [2.45, 2.75) is 25.4 Å². The van der Waals surface area contributed by atoms with Crippen LogP contribution in [0.15, 0.2) is 36.4 Å². The van der Waals surface area contributed by atoms with Crippen molar-refractivity contribution < 1.29 is 17.9 Å². The number of rotatable bonds is 6. The summed E-state index contributed by atoms with van der Waals surface area (Å²) in [5, 5.41) is 0.697. The molecular formula is C20H20ClF3N2O. The van der Waals surface area contributed by atoms with Gasteiger partial charge in [0.1, 0.15) is 5.75 Å². The molecule has 0 amide bonds. The third-order valence-electron chi connectivity index (χ3n) is 4.57. The molecule has 1 heterocycles. The molecule has 1 aromatic heterocycles. The number of H-pyrrole nitrogens is 1. The Bertz CT molecular complexity index is 950. The number of aromatic amines is 1. The van der Waals surface area contributed by atoms with Gasteiger partial charge >= 0.3 is 6.18 Å². The van der Waals surface area contributed by atoms with Gasteiger partial charge < -0.3 is 15.5 Å². The molecule has 3 aromatic rings. The van der Waals surface area contributed by atoms with E-state index < -0.39 is 11.7 Å². The predicted octanol–water partition coefficient (Wildman–Crippen LogP) is 5.80. The molecule has 2 aromatic carbocycles. The maximum atomic E-state index is 13.5. The highest BCUT2D eigenvalue weighted by molar-refractivity contribution is 6.36. The molecule has 0 bridgehead atoms. The van der Waals surface area contributed by atoms with Gasteiger partial charge in [0.15, 0.2) is 0 Å². The van der Waals surface area contributed by atoms with Gasteiger partial charge in [-0.3, -0.25) is 0 Å². The molecule has 0 saturated heterocycles. The van der Waals surface area contributed by atoms with Crippen molar-refractivity contribution in [3.05, 3.63) is 52.5 Å². The third kappa shape index (κ3) is 3.77. The van der Waals surface area contributed by atoms with E-state index in [0.29, 0.717) is 35.4 Å². The molecular weight excluding hydrogens is 377 g/mol. The zero-order chi connectivity index (χ0) is 19.6. The number of nitrogens with two attached hydrogens (primary N) is 1. The number of aromatic nitrogens is 1. The van der Waals surface area contributed by atoms with Crippen molar-refractivity contribution >= 4 is 22.5 Å². The summed E-state index contributed by atoms with van der Waals surface area (Å²) in [4.78, 5) is 2.98. The van der Waals surface area contributed by atoms with Crippen LogP contribution in [0.1, 0.15) is 24.0 Å². The van der Waals surface area contributed by atoms with Crippen LogP contribution in [0.4, 0.5) is 13.2 Å². The molecule has 0 saturated carbocycles. The summed E-state index contributed by atoms with van der Waals surface area (Å²) in [6, 6.07) is 9.54. The van der Waals surface area contributed by atoms with Crippen LogP contribution in [0.3, 0.4) is 0 Å². The summed E-state index contributed by atoms with van der Waals surface area (Å²) in [6.45, 7) is 0.522. The number of fused-ring (bicyclic) bond motifs is 1. The van der Waals surface area contributed by atoms with Crippen LogP contribution in [-0.2, 0) is 12.6 Å². The molecule has 0 aliphatic rings. The van der Waals surface area contributed by atoms with E-state index in [4.69, 9.17) is 22.1 Å². The second-order valence-corrected chi connectivity index (χ2v) is 6.67. The number of halogens is 4. The maximum Gasteiger partial charge on any atom is 0.418 e. The topological polar surface area (TPSA) is 51.0 Å². The molecule has 27 heavy (non-hydrogen) atoms. The Hall–Kier alpha value is -2.18. The summed E-state index contributed by atoms with van der Waals surface area (Å²) >= 11 is 6.33. The fourth-order valence-electron chi connectivity index (χ4n) is 3.34. The number of alkyl halides is 3. The molecule has 0 unspecified atom stereocenters. The van der Waals surface area contributed by atoms with E-state index in [1.165, 1.54) is 13.2 Å². The molecule has 0 radical (unpaired) electrons. The second kappa shape index (κ2) is 7.82. The number of hydrogen-bond acceptors (Lipinski definition) is 2. The first-order valence-electron chi connectivity index (χ1n) is 8.62. The average molecular weight is 397 g/mol. The van der Waals surface area contributed by atoms with Crippen LogP contribution in [0.5, 0.6) is 5.75 Å². The maximum absolute atomic E-state index is 13.5. The average Bonchev–Trinajstić information content (AvgIpc) is 3.01. The smallest absolute Gasteiger partial charge is 0.418 e. The van der Waals surface area contributed by atoms with Crippen LogP contribution < -0.4 is 10.5 Å². The highest BCUT2D eigenvalue weighted by atomic mass is 35.5. The molecule has 0 spiro atoms. The SMILES string of the molecule is COc1ccccc1-c1[nH]c2c(C(F)(F)F)ccc(Cl)c2c1CCCCN. The number of ether oxygens (including phenoxy) is 1. The summed E-state index contributed by atoms with van der Waals surface area (Å²) in [5.41, 5.74) is 6.89. The van der Waals surface area contributed by atoms with Crippen LogP contribution in [0.2, 0.25) is 5.02 Å². The van der Waals surface area contributed by atoms with Gasteiger partial charge in [-0.2, -0.15) is 13.2 Å². The zero-order valence-corrected chi connectivity index (χ0v) is 15.5. The first-order chi connectivity index (χ1) is 12.9. The number of nitrogens with one attached hydrogen (secondary N) is 1. The van der Waals surface area contributed by atoms with Crippen LogP contribution in [0.25, 0.3) is 22.2 Å². The third-order valence-corrected chi connectivity index (χ3v) is 4.89. The van der Waals surface area contributed by atoms with Crippen molar-refractivity contribution in [2.75, 3.05) is 13.7 Å². The van der Waals surface area contributed by atoms with Crippen molar-refractivity contribution in [3.63, 3.8) is 0 Å². The minimum Gasteiger partial charge on any atom is -0.496 e. The summed E-state index contributed by atoms with van der Waals surface area (Å²) in [6.07, 6.45) is -2.40. The Morgan fingerprint density at radius 1 is 1.11 bits per heavy atom. The number of methoxy groups -OCH3 is 1. The lowest BCUT2D eigenvalue weighted by molar-refractivity contribution is -0.136. The van der Waals surface area contributed by atoms with E-state index in [0.717, 1.165) is 24.5 Å². The van der Waals surface area contributed by atoms with Gasteiger partial charge in [-0.15, -0.1) is 0 Å². The van der Waals surface area contributed by atoms with E-state index in [1.807, 2.05) is 18.2 Å². The lowest BCUT2D eigenvalue weighted by Gasteiger charge is -2.10. The number of unbranched alkanes of at least 4 members (excludes halogenated alkanes) is 1. The second-order valence-electron chi connectivity index (χ2n) is 6.27. The molecule has 3 nitrogen and oxygen atoms in total. The number of hydrogen-bond donors (Lipinski definition) is 2. The zero-order valence-electron chi connectivity index (χ0n) is 14.8. The van der Waals surface area contributed by atoms with Crippen molar-refractivity contribution in [1.82, 2.24) is 4.98 Å². The Labute approximate surface area is 160 Å². The molecule has 0 aliphatic carbocycles. The minimum atomic E-state index is -4.49. The Morgan fingerprint density at radius 3 is 2.52 bits per heavy atom. The lowest BCUT2D eigenvalue weighted by atomic mass is 9.99. The monoisotopic (exact) mass is 396 g/mol. The van der Waals surface area contributed by atoms with Crippen molar-refractivity contribution in [2.24, 2.45) is 5.73 Å². The fourth-order valence-corrected chi connectivity index (χ4v) is 3.61. The van der Waals surface area contributed by atoms with Gasteiger partial charge in [0.2, 0.25) is 0 Å². The minimum absolute atomic E-state index is 0.00125. The molecule has 144 valence electrons.